The number of pyridine rings is 1. The quantitative estimate of drug-likeness (QED) is 0.505. The molecule has 6 nitrogen and oxygen atoms in total. The summed E-state index contributed by atoms with van der Waals surface area (Å²) in [6, 6.07) is 11.2. The third kappa shape index (κ3) is 4.95. The van der Waals surface area contributed by atoms with Crippen molar-refractivity contribution in [2.45, 2.75) is 43.2 Å². The van der Waals surface area contributed by atoms with E-state index in [0.717, 1.165) is 41.2 Å². The van der Waals surface area contributed by atoms with Crippen LogP contribution in [0, 0.1) is 0 Å². The van der Waals surface area contributed by atoms with Crippen LogP contribution in [0.2, 0.25) is 0 Å². The minimum atomic E-state index is -4.45. The molecule has 3 aromatic rings. The molecule has 0 saturated heterocycles. The lowest BCUT2D eigenvalue weighted by atomic mass is 9.87. The second-order valence-electron chi connectivity index (χ2n) is 7.64. The molecule has 10 heteroatoms. The summed E-state index contributed by atoms with van der Waals surface area (Å²) in [4.78, 5) is 18.5. The number of benzene rings is 1. The van der Waals surface area contributed by atoms with E-state index in [1.807, 2.05) is 18.2 Å². The van der Waals surface area contributed by atoms with E-state index >= 15 is 0 Å². The van der Waals surface area contributed by atoms with E-state index in [2.05, 4.69) is 21.2 Å². The SMILES string of the molecule is CN(C(=O)CSc1nnc(-c2ccncc2)n1CC(F)(F)F)C1CCCc2ccccc21. The highest BCUT2D eigenvalue weighted by Gasteiger charge is 2.32. The smallest absolute Gasteiger partial charge is 0.338 e. The van der Waals surface area contributed by atoms with E-state index in [0.29, 0.717) is 5.56 Å². The Balaban J connectivity index is 1.51. The fourth-order valence-electron chi connectivity index (χ4n) is 3.96. The van der Waals surface area contributed by atoms with Gasteiger partial charge >= 0.3 is 6.18 Å². The van der Waals surface area contributed by atoms with Crippen LogP contribution in [0.4, 0.5) is 13.2 Å². The number of hydrogen-bond acceptors (Lipinski definition) is 5. The van der Waals surface area contributed by atoms with Crippen LogP contribution in [0.15, 0.2) is 53.9 Å². The molecule has 0 fully saturated rings. The Kier molecular flexibility index (Phi) is 6.50. The average Bonchev–Trinajstić information content (AvgIpc) is 3.17. The number of alkyl halides is 3. The number of carbonyl (C=O) groups is 1. The van der Waals surface area contributed by atoms with Gasteiger partial charge in [-0.15, -0.1) is 10.2 Å². The Bertz CT molecular complexity index is 1090. The number of carbonyl (C=O) groups excluding carboxylic acids is 1. The van der Waals surface area contributed by atoms with Crippen molar-refractivity contribution in [2.24, 2.45) is 0 Å². The van der Waals surface area contributed by atoms with E-state index in [-0.39, 0.29) is 28.7 Å². The number of nitrogens with zero attached hydrogens (tertiary/aromatic N) is 5. The molecule has 0 spiro atoms. The first kappa shape index (κ1) is 22.3. The number of fused-ring (bicyclic) bond motifs is 1. The zero-order valence-corrected chi connectivity index (χ0v) is 18.2. The highest BCUT2D eigenvalue weighted by atomic mass is 32.2. The van der Waals surface area contributed by atoms with Gasteiger partial charge in [0.25, 0.3) is 0 Å². The third-order valence-electron chi connectivity index (χ3n) is 5.52. The van der Waals surface area contributed by atoms with Crippen LogP contribution in [0.3, 0.4) is 0 Å². The van der Waals surface area contributed by atoms with Gasteiger partial charge in [0.2, 0.25) is 5.91 Å². The van der Waals surface area contributed by atoms with Crippen LogP contribution in [0.1, 0.15) is 30.0 Å². The minimum absolute atomic E-state index is 0.0263. The normalized spacial score (nSPS) is 15.9. The number of amides is 1. The molecule has 1 aliphatic rings. The lowest BCUT2D eigenvalue weighted by Gasteiger charge is -2.33. The fourth-order valence-corrected chi connectivity index (χ4v) is 4.83. The van der Waals surface area contributed by atoms with Gasteiger partial charge < -0.3 is 4.90 Å². The molecule has 2 aromatic heterocycles. The standard InChI is InChI=1S/C22H22F3N5OS/c1-29(18-8-4-6-15-5-2-3-7-17(15)18)19(31)13-32-21-28-27-20(16-9-11-26-12-10-16)30(21)14-22(23,24)25/h2-3,5,7,9-12,18H,4,6,8,13-14H2,1H3. The number of hydrogen-bond donors (Lipinski definition) is 0. The highest BCUT2D eigenvalue weighted by Crippen LogP contribution is 2.34. The van der Waals surface area contributed by atoms with Crippen LogP contribution >= 0.6 is 11.8 Å². The molecule has 0 saturated carbocycles. The monoisotopic (exact) mass is 461 g/mol. The summed E-state index contributed by atoms with van der Waals surface area (Å²) in [5, 5.41) is 7.95. The number of thioether (sulfide) groups is 1. The van der Waals surface area contributed by atoms with Crippen molar-refractivity contribution in [3.05, 3.63) is 59.9 Å². The molecule has 0 bridgehead atoms. The minimum Gasteiger partial charge on any atom is -0.338 e. The van der Waals surface area contributed by atoms with Gasteiger partial charge in [0.15, 0.2) is 11.0 Å². The summed E-state index contributed by atoms with van der Waals surface area (Å²) in [6.45, 7) is -1.24. The first-order chi connectivity index (χ1) is 15.3. The molecule has 2 heterocycles. The van der Waals surface area contributed by atoms with E-state index in [1.165, 1.54) is 18.0 Å². The van der Waals surface area contributed by atoms with Crippen molar-refractivity contribution in [3.63, 3.8) is 0 Å². The summed E-state index contributed by atoms with van der Waals surface area (Å²) in [7, 11) is 1.75. The van der Waals surface area contributed by atoms with Crippen LogP contribution in [-0.4, -0.2) is 49.5 Å². The average molecular weight is 462 g/mol. The number of halogens is 3. The first-order valence-corrected chi connectivity index (χ1v) is 11.2. The zero-order valence-electron chi connectivity index (χ0n) is 17.4. The molecule has 0 radical (unpaired) electrons. The molecular formula is C22H22F3N5OS. The van der Waals surface area contributed by atoms with Gasteiger partial charge in [-0.25, -0.2) is 0 Å². The van der Waals surface area contributed by atoms with Crippen LogP contribution in [-0.2, 0) is 17.8 Å². The Morgan fingerprint density at radius 2 is 1.94 bits per heavy atom. The van der Waals surface area contributed by atoms with Gasteiger partial charge in [-0.2, -0.15) is 13.2 Å². The van der Waals surface area contributed by atoms with E-state index in [1.54, 1.807) is 24.1 Å². The Hall–Kier alpha value is -2.88. The number of aromatic nitrogens is 4. The molecule has 4 rings (SSSR count). The summed E-state index contributed by atoms with van der Waals surface area (Å²) in [5.74, 6) is -0.0976. The predicted molar refractivity (Wildman–Crippen MR) is 115 cm³/mol. The fraction of sp³-hybridized carbons (Fsp3) is 0.364. The van der Waals surface area contributed by atoms with Crippen LogP contribution in [0.25, 0.3) is 11.4 Å². The van der Waals surface area contributed by atoms with Crippen molar-refractivity contribution in [1.29, 1.82) is 0 Å². The lowest BCUT2D eigenvalue weighted by Crippen LogP contribution is -2.34. The van der Waals surface area contributed by atoms with Crippen LogP contribution < -0.4 is 0 Å². The van der Waals surface area contributed by atoms with E-state index < -0.39 is 12.7 Å². The van der Waals surface area contributed by atoms with Gasteiger partial charge in [0, 0.05) is 25.0 Å². The summed E-state index contributed by atoms with van der Waals surface area (Å²) >= 11 is 0.967. The molecule has 1 aromatic carbocycles. The Morgan fingerprint density at radius 3 is 2.69 bits per heavy atom. The maximum atomic E-state index is 13.2. The molecular weight excluding hydrogens is 439 g/mol. The summed E-state index contributed by atoms with van der Waals surface area (Å²) in [5.41, 5.74) is 2.86. The van der Waals surface area contributed by atoms with Gasteiger partial charge in [-0.3, -0.25) is 14.3 Å². The molecule has 1 unspecified atom stereocenters. The van der Waals surface area contributed by atoms with Gasteiger partial charge in [-0.1, -0.05) is 36.0 Å². The Morgan fingerprint density at radius 1 is 1.19 bits per heavy atom. The largest absolute Gasteiger partial charge is 0.406 e. The maximum Gasteiger partial charge on any atom is 0.406 e. The highest BCUT2D eigenvalue weighted by molar-refractivity contribution is 7.99. The molecule has 0 N–H and O–H groups in total. The number of aryl methyl sites for hydroxylation is 1. The van der Waals surface area contributed by atoms with Gasteiger partial charge in [0.1, 0.15) is 6.54 Å². The van der Waals surface area contributed by atoms with E-state index in [9.17, 15) is 18.0 Å². The maximum absolute atomic E-state index is 13.2. The molecule has 1 aliphatic carbocycles. The predicted octanol–water partition coefficient (Wildman–Crippen LogP) is 4.53. The zero-order chi connectivity index (χ0) is 22.7. The van der Waals surface area contributed by atoms with Crippen LogP contribution in [0.5, 0.6) is 0 Å². The number of rotatable bonds is 6. The Labute approximate surface area is 187 Å². The van der Waals surface area contributed by atoms with Crippen molar-refractivity contribution >= 4 is 17.7 Å². The van der Waals surface area contributed by atoms with Gasteiger partial charge in [-0.05, 0) is 42.5 Å². The third-order valence-corrected chi connectivity index (χ3v) is 6.47. The van der Waals surface area contributed by atoms with Crippen molar-refractivity contribution in [2.75, 3.05) is 12.8 Å². The van der Waals surface area contributed by atoms with Crippen molar-refractivity contribution in [1.82, 2.24) is 24.6 Å². The van der Waals surface area contributed by atoms with Crippen molar-refractivity contribution in [3.8, 4) is 11.4 Å². The van der Waals surface area contributed by atoms with Crippen molar-refractivity contribution < 1.29 is 18.0 Å². The summed E-state index contributed by atoms with van der Waals surface area (Å²) < 4.78 is 40.7. The second kappa shape index (κ2) is 9.32. The summed E-state index contributed by atoms with van der Waals surface area (Å²) in [6.07, 6.45) is 1.35. The second-order valence-corrected chi connectivity index (χ2v) is 8.59. The van der Waals surface area contributed by atoms with Gasteiger partial charge in [0.05, 0.1) is 11.8 Å². The molecule has 168 valence electrons. The molecule has 32 heavy (non-hydrogen) atoms. The lowest BCUT2D eigenvalue weighted by molar-refractivity contribution is -0.141. The topological polar surface area (TPSA) is 63.9 Å². The molecule has 0 aliphatic heterocycles. The first-order valence-electron chi connectivity index (χ1n) is 10.2. The molecule has 1 amide bonds. The van der Waals surface area contributed by atoms with E-state index in [4.69, 9.17) is 0 Å². The molecule has 1 atom stereocenters.